The number of hydrogen-bond acceptors (Lipinski definition) is 4. The van der Waals surface area contributed by atoms with Crippen molar-refractivity contribution in [1.29, 1.82) is 0 Å². The SMILES string of the molecule is O=[N+]([O-])c1cccc(CS(=O)(=O)c2cccc(F)c2)c1F. The summed E-state index contributed by atoms with van der Waals surface area (Å²) in [5, 5.41) is 10.6. The minimum absolute atomic E-state index is 0.312. The third-order valence-electron chi connectivity index (χ3n) is 2.76. The molecule has 0 saturated carbocycles. The number of halogens is 2. The number of sulfone groups is 1. The lowest BCUT2D eigenvalue weighted by Gasteiger charge is -2.06. The lowest BCUT2D eigenvalue weighted by atomic mass is 10.2. The van der Waals surface area contributed by atoms with Crippen LogP contribution in [0.4, 0.5) is 14.5 Å². The van der Waals surface area contributed by atoms with Gasteiger partial charge in [0.1, 0.15) is 5.82 Å². The third kappa shape index (κ3) is 3.22. The predicted octanol–water partition coefficient (Wildman–Crippen LogP) is 2.85. The van der Waals surface area contributed by atoms with E-state index in [1.165, 1.54) is 18.2 Å². The van der Waals surface area contributed by atoms with Crippen molar-refractivity contribution in [2.75, 3.05) is 0 Å². The van der Waals surface area contributed by atoms with E-state index in [1.54, 1.807) is 0 Å². The van der Waals surface area contributed by atoms with E-state index < -0.39 is 37.8 Å². The molecule has 0 unspecified atom stereocenters. The lowest BCUT2D eigenvalue weighted by Crippen LogP contribution is -2.08. The predicted molar refractivity (Wildman–Crippen MR) is 70.3 cm³/mol. The summed E-state index contributed by atoms with van der Waals surface area (Å²) in [6.07, 6.45) is 0. The minimum atomic E-state index is -4.00. The first-order chi connectivity index (χ1) is 9.81. The summed E-state index contributed by atoms with van der Waals surface area (Å²) in [5.74, 6) is -2.73. The fraction of sp³-hybridized carbons (Fsp3) is 0.0769. The molecule has 0 aliphatic carbocycles. The van der Waals surface area contributed by atoms with Crippen LogP contribution in [-0.4, -0.2) is 13.3 Å². The molecule has 110 valence electrons. The van der Waals surface area contributed by atoms with Gasteiger partial charge in [0.15, 0.2) is 9.84 Å². The van der Waals surface area contributed by atoms with Gasteiger partial charge >= 0.3 is 5.69 Å². The Hall–Kier alpha value is -2.35. The quantitative estimate of drug-likeness (QED) is 0.642. The van der Waals surface area contributed by atoms with Gasteiger partial charge in [0.2, 0.25) is 5.82 Å². The molecule has 0 aliphatic rings. The maximum Gasteiger partial charge on any atom is 0.305 e. The van der Waals surface area contributed by atoms with Gasteiger partial charge in [-0.15, -0.1) is 0 Å². The van der Waals surface area contributed by atoms with Crippen LogP contribution in [0.2, 0.25) is 0 Å². The summed E-state index contributed by atoms with van der Waals surface area (Å²) in [5.41, 5.74) is -1.14. The number of nitrogens with zero attached hydrogens (tertiary/aromatic N) is 1. The highest BCUT2D eigenvalue weighted by atomic mass is 32.2. The molecule has 0 heterocycles. The van der Waals surface area contributed by atoms with Crippen molar-refractivity contribution in [3.05, 3.63) is 69.8 Å². The van der Waals surface area contributed by atoms with Crippen molar-refractivity contribution < 1.29 is 22.1 Å². The molecular weight excluding hydrogens is 304 g/mol. The zero-order chi connectivity index (χ0) is 15.6. The molecule has 8 heteroatoms. The summed E-state index contributed by atoms with van der Waals surface area (Å²) >= 11 is 0. The van der Waals surface area contributed by atoms with Crippen molar-refractivity contribution >= 4 is 15.5 Å². The first-order valence-electron chi connectivity index (χ1n) is 5.71. The van der Waals surface area contributed by atoms with Gasteiger partial charge in [-0.05, 0) is 18.2 Å². The number of rotatable bonds is 4. The Morgan fingerprint density at radius 3 is 2.38 bits per heavy atom. The van der Waals surface area contributed by atoms with Crippen LogP contribution in [0.15, 0.2) is 47.4 Å². The van der Waals surface area contributed by atoms with Gasteiger partial charge in [-0.1, -0.05) is 18.2 Å². The van der Waals surface area contributed by atoms with Crippen molar-refractivity contribution in [1.82, 2.24) is 0 Å². The summed E-state index contributed by atoms with van der Waals surface area (Å²) in [6.45, 7) is 0. The van der Waals surface area contributed by atoms with Crippen LogP contribution in [0.5, 0.6) is 0 Å². The average molecular weight is 313 g/mol. The molecule has 0 saturated heterocycles. The zero-order valence-corrected chi connectivity index (χ0v) is 11.3. The third-order valence-corrected chi connectivity index (χ3v) is 4.42. The van der Waals surface area contributed by atoms with E-state index in [0.29, 0.717) is 0 Å². The fourth-order valence-corrected chi connectivity index (χ4v) is 3.14. The molecule has 0 bridgehead atoms. The van der Waals surface area contributed by atoms with Crippen LogP contribution in [0.3, 0.4) is 0 Å². The molecule has 0 radical (unpaired) electrons. The number of hydrogen-bond donors (Lipinski definition) is 0. The number of benzene rings is 2. The second-order valence-corrected chi connectivity index (χ2v) is 6.21. The van der Waals surface area contributed by atoms with Gasteiger partial charge in [-0.3, -0.25) is 10.1 Å². The van der Waals surface area contributed by atoms with Gasteiger partial charge < -0.3 is 0 Å². The average Bonchev–Trinajstić information content (AvgIpc) is 2.40. The van der Waals surface area contributed by atoms with Crippen molar-refractivity contribution in [3.63, 3.8) is 0 Å². The second-order valence-electron chi connectivity index (χ2n) is 4.22. The van der Waals surface area contributed by atoms with E-state index in [9.17, 15) is 27.3 Å². The molecule has 21 heavy (non-hydrogen) atoms. The smallest absolute Gasteiger partial charge is 0.258 e. The molecule has 0 fully saturated rings. The molecule has 0 spiro atoms. The summed E-state index contributed by atoms with van der Waals surface area (Å²) < 4.78 is 51.1. The van der Waals surface area contributed by atoms with Gasteiger partial charge in [-0.2, -0.15) is 4.39 Å². The largest absolute Gasteiger partial charge is 0.305 e. The van der Waals surface area contributed by atoms with E-state index in [4.69, 9.17) is 0 Å². The maximum atomic E-state index is 13.9. The lowest BCUT2D eigenvalue weighted by molar-refractivity contribution is -0.387. The highest BCUT2D eigenvalue weighted by Crippen LogP contribution is 2.24. The van der Waals surface area contributed by atoms with E-state index in [0.717, 1.165) is 24.3 Å². The van der Waals surface area contributed by atoms with Crippen LogP contribution in [0.1, 0.15) is 5.56 Å². The van der Waals surface area contributed by atoms with Gasteiger partial charge in [0.25, 0.3) is 0 Å². The molecule has 0 aliphatic heterocycles. The van der Waals surface area contributed by atoms with Crippen molar-refractivity contribution in [2.45, 2.75) is 10.6 Å². The molecule has 0 aromatic heterocycles. The Balaban J connectivity index is 2.42. The molecule has 2 aromatic carbocycles. The molecule has 0 amide bonds. The molecule has 0 N–H and O–H groups in total. The Labute approximate surface area is 118 Å². The van der Waals surface area contributed by atoms with Crippen LogP contribution in [0.25, 0.3) is 0 Å². The number of nitro groups is 1. The van der Waals surface area contributed by atoms with Crippen LogP contribution < -0.4 is 0 Å². The minimum Gasteiger partial charge on any atom is -0.258 e. The topological polar surface area (TPSA) is 77.3 Å². The fourth-order valence-electron chi connectivity index (χ4n) is 1.77. The molecular formula is C13H9F2NO4S. The van der Waals surface area contributed by atoms with Crippen LogP contribution in [-0.2, 0) is 15.6 Å². The molecule has 2 rings (SSSR count). The summed E-state index contributed by atoms with van der Waals surface area (Å²) in [6, 6.07) is 7.54. The van der Waals surface area contributed by atoms with Crippen molar-refractivity contribution in [3.8, 4) is 0 Å². The zero-order valence-electron chi connectivity index (χ0n) is 10.5. The van der Waals surface area contributed by atoms with E-state index in [2.05, 4.69) is 0 Å². The van der Waals surface area contributed by atoms with E-state index in [-0.39, 0.29) is 10.5 Å². The Kier molecular flexibility index (Phi) is 3.99. The molecule has 2 aromatic rings. The summed E-state index contributed by atoms with van der Waals surface area (Å²) in [7, 11) is -4.00. The molecule has 5 nitrogen and oxygen atoms in total. The van der Waals surface area contributed by atoms with Crippen molar-refractivity contribution in [2.24, 2.45) is 0 Å². The standard InChI is InChI=1S/C13H9F2NO4S/c14-10-4-2-5-11(7-10)21(19,20)8-9-3-1-6-12(13(9)15)16(17)18/h1-7H,8H2. The highest BCUT2D eigenvalue weighted by molar-refractivity contribution is 7.90. The number of nitro benzene ring substituents is 1. The van der Waals surface area contributed by atoms with Gasteiger partial charge in [0.05, 0.1) is 15.6 Å². The van der Waals surface area contributed by atoms with Gasteiger partial charge in [0, 0.05) is 11.6 Å². The van der Waals surface area contributed by atoms with E-state index >= 15 is 0 Å². The summed E-state index contributed by atoms with van der Waals surface area (Å²) in [4.78, 5) is 9.37. The normalized spacial score (nSPS) is 11.3. The molecule has 0 atom stereocenters. The highest BCUT2D eigenvalue weighted by Gasteiger charge is 2.23. The Morgan fingerprint density at radius 1 is 1.10 bits per heavy atom. The van der Waals surface area contributed by atoms with Gasteiger partial charge in [-0.25, -0.2) is 12.8 Å². The van der Waals surface area contributed by atoms with E-state index in [1.807, 2.05) is 0 Å². The Morgan fingerprint density at radius 2 is 1.76 bits per heavy atom. The van der Waals surface area contributed by atoms with Crippen LogP contribution in [0, 0.1) is 21.7 Å². The first kappa shape index (κ1) is 15.0. The second kappa shape index (κ2) is 5.57. The first-order valence-corrected chi connectivity index (χ1v) is 7.36. The monoisotopic (exact) mass is 313 g/mol. The Bertz CT molecular complexity index is 806. The maximum absolute atomic E-state index is 13.9. The van der Waals surface area contributed by atoms with Crippen LogP contribution >= 0.6 is 0 Å².